The predicted molar refractivity (Wildman–Crippen MR) is 89.5 cm³/mol. The Morgan fingerprint density at radius 1 is 1.18 bits per heavy atom. The van der Waals surface area contributed by atoms with Gasteiger partial charge in [-0.1, -0.05) is 35.9 Å². The van der Waals surface area contributed by atoms with Gasteiger partial charge in [0.1, 0.15) is 11.0 Å². The first-order valence-electron chi connectivity index (χ1n) is 7.10. The molecule has 0 fully saturated rings. The highest BCUT2D eigenvalue weighted by Gasteiger charge is 2.22. The molecule has 0 saturated heterocycles. The number of halogens is 1. The number of nitrogens with zero attached hydrogens (tertiary/aromatic N) is 2. The highest BCUT2D eigenvalue weighted by molar-refractivity contribution is 6.36. The van der Waals surface area contributed by atoms with Crippen LogP contribution < -0.4 is 5.32 Å². The van der Waals surface area contributed by atoms with E-state index in [9.17, 15) is 4.79 Å². The summed E-state index contributed by atoms with van der Waals surface area (Å²) in [7, 11) is 0. The molecule has 112 valence electrons. The summed E-state index contributed by atoms with van der Waals surface area (Å²) in [5.41, 5.74) is 1.44. The van der Waals surface area contributed by atoms with E-state index in [0.29, 0.717) is 16.5 Å². The molecule has 0 radical (unpaired) electrons. The monoisotopic (exact) mass is 313 g/mol. The molecule has 22 heavy (non-hydrogen) atoms. The Morgan fingerprint density at radius 3 is 2.59 bits per heavy atom. The fourth-order valence-electron chi connectivity index (χ4n) is 2.57. The van der Waals surface area contributed by atoms with Crippen LogP contribution in [0.5, 0.6) is 0 Å². The molecule has 0 bridgehead atoms. The standard InChI is InChI=1S/C17H16ClN3O/c1-11(2)21-13-8-4-3-7-12(13)15(16(21)18)17(22)20-14-9-5-6-10-19-14/h3-11H,1-2H3,(H,19,20,22). The first-order chi connectivity index (χ1) is 10.6. The summed E-state index contributed by atoms with van der Waals surface area (Å²) in [4.78, 5) is 16.7. The topological polar surface area (TPSA) is 46.9 Å². The Hall–Kier alpha value is -2.33. The largest absolute Gasteiger partial charge is 0.328 e. The van der Waals surface area contributed by atoms with E-state index >= 15 is 0 Å². The number of rotatable bonds is 3. The number of aromatic nitrogens is 2. The molecule has 1 aromatic carbocycles. The maximum Gasteiger partial charge on any atom is 0.260 e. The summed E-state index contributed by atoms with van der Waals surface area (Å²) in [5.74, 6) is 0.254. The van der Waals surface area contributed by atoms with Crippen molar-refractivity contribution in [1.29, 1.82) is 0 Å². The molecule has 0 aliphatic carbocycles. The van der Waals surface area contributed by atoms with Gasteiger partial charge in [0.15, 0.2) is 0 Å². The van der Waals surface area contributed by atoms with Crippen LogP contribution in [0.15, 0.2) is 48.7 Å². The fourth-order valence-corrected chi connectivity index (χ4v) is 3.04. The first kappa shape index (κ1) is 14.6. The molecular weight excluding hydrogens is 298 g/mol. The SMILES string of the molecule is CC(C)n1c(Cl)c(C(=O)Nc2ccccn2)c2ccccc21. The zero-order valence-corrected chi connectivity index (χ0v) is 13.1. The van der Waals surface area contributed by atoms with Gasteiger partial charge >= 0.3 is 0 Å². The second-order valence-corrected chi connectivity index (χ2v) is 5.67. The van der Waals surface area contributed by atoms with E-state index in [-0.39, 0.29) is 11.9 Å². The van der Waals surface area contributed by atoms with Crippen LogP contribution in [0.4, 0.5) is 5.82 Å². The number of carbonyl (C=O) groups excluding carboxylic acids is 1. The molecule has 0 spiro atoms. The number of fused-ring (bicyclic) bond motifs is 1. The number of amides is 1. The highest BCUT2D eigenvalue weighted by atomic mass is 35.5. The second-order valence-electron chi connectivity index (χ2n) is 5.32. The predicted octanol–water partition coefficient (Wildman–Crippen LogP) is 4.52. The van der Waals surface area contributed by atoms with Crippen molar-refractivity contribution in [3.05, 3.63) is 59.4 Å². The molecule has 0 aliphatic heterocycles. The molecule has 3 rings (SSSR count). The zero-order chi connectivity index (χ0) is 15.7. The van der Waals surface area contributed by atoms with E-state index in [0.717, 1.165) is 10.9 Å². The first-order valence-corrected chi connectivity index (χ1v) is 7.48. The zero-order valence-electron chi connectivity index (χ0n) is 12.4. The van der Waals surface area contributed by atoms with Crippen molar-refractivity contribution < 1.29 is 4.79 Å². The van der Waals surface area contributed by atoms with Gasteiger partial charge in [0.25, 0.3) is 5.91 Å². The Labute approximate surface area is 133 Å². The Balaban J connectivity index is 2.11. The fraction of sp³-hybridized carbons (Fsp3) is 0.176. The summed E-state index contributed by atoms with van der Waals surface area (Å²) >= 11 is 6.49. The number of carbonyl (C=O) groups is 1. The number of benzene rings is 1. The summed E-state index contributed by atoms with van der Waals surface area (Å²) in [6.45, 7) is 4.08. The Morgan fingerprint density at radius 2 is 1.91 bits per heavy atom. The van der Waals surface area contributed by atoms with Gasteiger partial charge in [-0.2, -0.15) is 0 Å². The molecule has 0 aliphatic rings. The third-order valence-corrected chi connectivity index (χ3v) is 3.87. The summed E-state index contributed by atoms with van der Waals surface area (Å²) in [5, 5.41) is 4.09. The third kappa shape index (κ3) is 2.46. The molecule has 2 heterocycles. The smallest absolute Gasteiger partial charge is 0.260 e. The highest BCUT2D eigenvalue weighted by Crippen LogP contribution is 2.33. The van der Waals surface area contributed by atoms with Crippen molar-refractivity contribution >= 4 is 34.2 Å². The Bertz CT molecular complexity index is 825. The summed E-state index contributed by atoms with van der Waals surface area (Å²) < 4.78 is 1.96. The van der Waals surface area contributed by atoms with E-state index in [4.69, 9.17) is 11.6 Å². The van der Waals surface area contributed by atoms with Gasteiger partial charge in [0.05, 0.1) is 11.1 Å². The van der Waals surface area contributed by atoms with Crippen molar-refractivity contribution in [2.75, 3.05) is 5.32 Å². The molecule has 0 saturated carbocycles. The van der Waals surface area contributed by atoms with Crippen LogP contribution in [0.3, 0.4) is 0 Å². The van der Waals surface area contributed by atoms with E-state index in [2.05, 4.69) is 10.3 Å². The molecular formula is C17H16ClN3O. The van der Waals surface area contributed by atoms with Crippen LogP contribution >= 0.6 is 11.6 Å². The van der Waals surface area contributed by atoms with Gasteiger partial charge in [0, 0.05) is 17.6 Å². The van der Waals surface area contributed by atoms with Crippen molar-refractivity contribution in [1.82, 2.24) is 9.55 Å². The van der Waals surface area contributed by atoms with Gasteiger partial charge in [-0.25, -0.2) is 4.98 Å². The molecule has 1 N–H and O–H groups in total. The minimum atomic E-state index is -0.251. The van der Waals surface area contributed by atoms with Gasteiger partial charge < -0.3 is 9.88 Å². The van der Waals surface area contributed by atoms with Crippen LogP contribution in [0.2, 0.25) is 5.15 Å². The van der Waals surface area contributed by atoms with Crippen molar-refractivity contribution in [3.8, 4) is 0 Å². The molecule has 0 unspecified atom stereocenters. The van der Waals surface area contributed by atoms with Crippen molar-refractivity contribution in [2.24, 2.45) is 0 Å². The number of anilines is 1. The lowest BCUT2D eigenvalue weighted by molar-refractivity contribution is 0.102. The van der Waals surface area contributed by atoms with Gasteiger partial charge in [-0.05, 0) is 32.0 Å². The van der Waals surface area contributed by atoms with Crippen LogP contribution in [0, 0.1) is 0 Å². The molecule has 4 nitrogen and oxygen atoms in total. The van der Waals surface area contributed by atoms with Crippen LogP contribution in [0.25, 0.3) is 10.9 Å². The van der Waals surface area contributed by atoms with Crippen LogP contribution in [0.1, 0.15) is 30.2 Å². The number of nitrogens with one attached hydrogen (secondary N) is 1. The minimum absolute atomic E-state index is 0.161. The quantitative estimate of drug-likeness (QED) is 0.772. The van der Waals surface area contributed by atoms with E-state index in [1.807, 2.05) is 48.7 Å². The maximum atomic E-state index is 12.6. The molecule has 5 heteroatoms. The third-order valence-electron chi connectivity index (χ3n) is 3.50. The molecule has 0 atom stereocenters. The number of hydrogen-bond acceptors (Lipinski definition) is 2. The van der Waals surface area contributed by atoms with Crippen LogP contribution in [-0.4, -0.2) is 15.5 Å². The lowest BCUT2D eigenvalue weighted by Crippen LogP contribution is -2.13. The molecule has 2 aromatic heterocycles. The molecule has 1 amide bonds. The van der Waals surface area contributed by atoms with Crippen LogP contribution in [-0.2, 0) is 0 Å². The Kier molecular flexibility index (Phi) is 3.86. The number of para-hydroxylation sites is 1. The van der Waals surface area contributed by atoms with Gasteiger partial charge in [0.2, 0.25) is 0 Å². The van der Waals surface area contributed by atoms with Gasteiger partial charge in [-0.15, -0.1) is 0 Å². The van der Waals surface area contributed by atoms with Gasteiger partial charge in [-0.3, -0.25) is 4.79 Å². The average Bonchev–Trinajstić information content (AvgIpc) is 2.80. The van der Waals surface area contributed by atoms with E-state index in [1.54, 1.807) is 18.3 Å². The average molecular weight is 314 g/mol. The normalized spacial score (nSPS) is 11.1. The number of pyridine rings is 1. The summed E-state index contributed by atoms with van der Waals surface area (Å²) in [6, 6.07) is 13.3. The van der Waals surface area contributed by atoms with E-state index < -0.39 is 0 Å². The summed E-state index contributed by atoms with van der Waals surface area (Å²) in [6.07, 6.45) is 1.63. The second kappa shape index (κ2) is 5.81. The van der Waals surface area contributed by atoms with Crippen molar-refractivity contribution in [2.45, 2.75) is 19.9 Å². The lowest BCUT2D eigenvalue weighted by atomic mass is 10.1. The number of hydrogen-bond donors (Lipinski definition) is 1. The lowest BCUT2D eigenvalue weighted by Gasteiger charge is -2.11. The van der Waals surface area contributed by atoms with Crippen molar-refractivity contribution in [3.63, 3.8) is 0 Å². The minimum Gasteiger partial charge on any atom is -0.328 e. The maximum absolute atomic E-state index is 12.6. The molecule has 3 aromatic rings. The van der Waals surface area contributed by atoms with E-state index in [1.165, 1.54) is 0 Å².